The van der Waals surface area contributed by atoms with Crippen LogP contribution in [0.1, 0.15) is 26.2 Å². The van der Waals surface area contributed by atoms with E-state index in [0.717, 1.165) is 32.5 Å². The fourth-order valence-corrected chi connectivity index (χ4v) is 3.19. The second kappa shape index (κ2) is 6.96. The van der Waals surface area contributed by atoms with Crippen LogP contribution in [0.5, 0.6) is 0 Å². The first kappa shape index (κ1) is 16.5. The van der Waals surface area contributed by atoms with Gasteiger partial charge in [-0.3, -0.25) is 9.69 Å². The summed E-state index contributed by atoms with van der Waals surface area (Å²) >= 11 is 0. The van der Waals surface area contributed by atoms with Crippen LogP contribution in [0.25, 0.3) is 0 Å². The normalized spacial score (nSPS) is 27.4. The number of likely N-dealkylation sites (tertiary alicyclic amines) is 1. The average molecular weight is 307 g/mol. The maximum atomic E-state index is 13.2. The van der Waals surface area contributed by atoms with Crippen LogP contribution in [0, 0.1) is 5.92 Å². The molecule has 0 saturated carbocycles. The molecule has 7 heteroatoms. The lowest BCUT2D eigenvalue weighted by Gasteiger charge is -2.37. The summed E-state index contributed by atoms with van der Waals surface area (Å²) in [6.45, 7) is 5.34. The molecular formula is C14H24F3N3O. The Morgan fingerprint density at radius 2 is 1.90 bits per heavy atom. The molecule has 0 aromatic carbocycles. The van der Waals surface area contributed by atoms with E-state index in [-0.39, 0.29) is 25.4 Å². The Hall–Kier alpha value is -0.820. The van der Waals surface area contributed by atoms with E-state index in [2.05, 4.69) is 17.1 Å². The van der Waals surface area contributed by atoms with Gasteiger partial charge in [0, 0.05) is 26.1 Å². The molecule has 2 rings (SSSR count). The molecule has 0 aromatic rings. The Labute approximate surface area is 123 Å². The lowest BCUT2D eigenvalue weighted by atomic mass is 9.95. The SMILES string of the molecule is CCN1CCC(CN2CCC(=O)NCC2C(F)(F)F)CC1. The highest BCUT2D eigenvalue weighted by Gasteiger charge is 2.45. The molecule has 21 heavy (non-hydrogen) atoms. The predicted octanol–water partition coefficient (Wildman–Crippen LogP) is 1.47. The average Bonchev–Trinajstić information content (AvgIpc) is 2.61. The molecule has 0 aliphatic carbocycles. The number of alkyl halides is 3. The third-order valence-corrected chi connectivity index (χ3v) is 4.58. The van der Waals surface area contributed by atoms with Crippen LogP contribution >= 0.6 is 0 Å². The summed E-state index contributed by atoms with van der Waals surface area (Å²) in [6, 6.07) is -1.55. The van der Waals surface area contributed by atoms with Crippen LogP contribution in [0.3, 0.4) is 0 Å². The van der Waals surface area contributed by atoms with Gasteiger partial charge in [0.15, 0.2) is 0 Å². The van der Waals surface area contributed by atoms with E-state index >= 15 is 0 Å². The monoisotopic (exact) mass is 307 g/mol. The molecule has 1 unspecified atom stereocenters. The molecule has 0 radical (unpaired) electrons. The molecule has 2 saturated heterocycles. The zero-order chi connectivity index (χ0) is 15.5. The van der Waals surface area contributed by atoms with Gasteiger partial charge in [0.25, 0.3) is 0 Å². The highest BCUT2D eigenvalue weighted by molar-refractivity contribution is 5.76. The van der Waals surface area contributed by atoms with Crippen molar-refractivity contribution in [3.8, 4) is 0 Å². The molecule has 0 spiro atoms. The lowest BCUT2D eigenvalue weighted by molar-refractivity contribution is -0.182. The molecule has 0 aromatic heterocycles. The van der Waals surface area contributed by atoms with Gasteiger partial charge in [-0.1, -0.05) is 6.92 Å². The topological polar surface area (TPSA) is 35.6 Å². The molecular weight excluding hydrogens is 283 g/mol. The summed E-state index contributed by atoms with van der Waals surface area (Å²) in [4.78, 5) is 15.2. The number of piperidine rings is 1. The first-order chi connectivity index (χ1) is 9.90. The van der Waals surface area contributed by atoms with Gasteiger partial charge in [-0.2, -0.15) is 13.2 Å². The quantitative estimate of drug-likeness (QED) is 0.858. The van der Waals surface area contributed by atoms with Crippen molar-refractivity contribution in [1.82, 2.24) is 15.1 Å². The third-order valence-electron chi connectivity index (χ3n) is 4.58. The van der Waals surface area contributed by atoms with E-state index in [1.807, 2.05) is 0 Å². The van der Waals surface area contributed by atoms with Crippen molar-refractivity contribution in [2.24, 2.45) is 5.92 Å². The van der Waals surface area contributed by atoms with Gasteiger partial charge in [-0.25, -0.2) is 0 Å². The van der Waals surface area contributed by atoms with Crippen LogP contribution < -0.4 is 5.32 Å². The van der Waals surface area contributed by atoms with Crippen LogP contribution in [0.4, 0.5) is 13.2 Å². The molecule has 2 aliphatic heterocycles. The van der Waals surface area contributed by atoms with Crippen LogP contribution in [-0.2, 0) is 4.79 Å². The second-order valence-corrected chi connectivity index (χ2v) is 5.98. The predicted molar refractivity (Wildman–Crippen MR) is 73.9 cm³/mol. The van der Waals surface area contributed by atoms with Crippen LogP contribution in [0.15, 0.2) is 0 Å². The highest BCUT2D eigenvalue weighted by atomic mass is 19.4. The second-order valence-electron chi connectivity index (χ2n) is 5.98. The van der Waals surface area contributed by atoms with Crippen molar-refractivity contribution in [2.75, 3.05) is 39.3 Å². The smallest absolute Gasteiger partial charge is 0.354 e. The van der Waals surface area contributed by atoms with Crippen molar-refractivity contribution in [3.63, 3.8) is 0 Å². The number of carbonyl (C=O) groups is 1. The van der Waals surface area contributed by atoms with E-state index in [4.69, 9.17) is 0 Å². The zero-order valence-electron chi connectivity index (χ0n) is 12.5. The van der Waals surface area contributed by atoms with E-state index in [1.165, 1.54) is 4.90 Å². The first-order valence-corrected chi connectivity index (χ1v) is 7.70. The number of nitrogens with one attached hydrogen (secondary N) is 1. The van der Waals surface area contributed by atoms with Gasteiger partial charge in [-0.15, -0.1) is 0 Å². The largest absolute Gasteiger partial charge is 0.405 e. The Bertz CT molecular complexity index is 354. The number of hydrogen-bond acceptors (Lipinski definition) is 3. The summed E-state index contributed by atoms with van der Waals surface area (Å²) < 4.78 is 39.5. The number of halogens is 3. The minimum absolute atomic E-state index is 0.153. The molecule has 1 atom stereocenters. The van der Waals surface area contributed by atoms with Crippen molar-refractivity contribution >= 4 is 5.91 Å². The van der Waals surface area contributed by atoms with Crippen LogP contribution in [0.2, 0.25) is 0 Å². The number of rotatable bonds is 3. The molecule has 1 N–H and O–H groups in total. The summed E-state index contributed by atoms with van der Waals surface area (Å²) in [5.41, 5.74) is 0. The number of hydrogen-bond donors (Lipinski definition) is 1. The fraction of sp³-hybridized carbons (Fsp3) is 0.929. The Morgan fingerprint density at radius 1 is 1.24 bits per heavy atom. The minimum atomic E-state index is -4.29. The standard InChI is InChI=1S/C14H24F3N3O/c1-2-19-6-3-11(4-7-19)10-20-8-5-13(21)18-9-12(20)14(15,16)17/h11-12H,2-10H2,1H3,(H,18,21). The minimum Gasteiger partial charge on any atom is -0.354 e. The van der Waals surface area contributed by atoms with Gasteiger partial charge in [-0.05, 0) is 38.4 Å². The maximum absolute atomic E-state index is 13.2. The van der Waals surface area contributed by atoms with E-state index in [0.29, 0.717) is 12.5 Å². The molecule has 1 amide bonds. The van der Waals surface area contributed by atoms with Crippen molar-refractivity contribution in [1.29, 1.82) is 0 Å². The third kappa shape index (κ3) is 4.57. The number of carbonyl (C=O) groups excluding carboxylic acids is 1. The van der Waals surface area contributed by atoms with Crippen LogP contribution in [-0.4, -0.2) is 67.2 Å². The van der Waals surface area contributed by atoms with Gasteiger partial charge < -0.3 is 10.2 Å². The maximum Gasteiger partial charge on any atom is 0.405 e. The summed E-state index contributed by atoms with van der Waals surface area (Å²) in [7, 11) is 0. The number of nitrogens with zero attached hydrogens (tertiary/aromatic N) is 2. The highest BCUT2D eigenvalue weighted by Crippen LogP contribution is 2.28. The Balaban J connectivity index is 1.96. The van der Waals surface area contributed by atoms with E-state index < -0.39 is 12.2 Å². The molecule has 4 nitrogen and oxygen atoms in total. The zero-order valence-corrected chi connectivity index (χ0v) is 12.5. The first-order valence-electron chi connectivity index (χ1n) is 7.70. The van der Waals surface area contributed by atoms with E-state index in [9.17, 15) is 18.0 Å². The van der Waals surface area contributed by atoms with Gasteiger partial charge in [0.2, 0.25) is 5.91 Å². The molecule has 0 bridgehead atoms. The molecule has 2 fully saturated rings. The lowest BCUT2D eigenvalue weighted by Crippen LogP contribution is -2.52. The molecule has 2 aliphatic rings. The van der Waals surface area contributed by atoms with Crippen molar-refractivity contribution in [2.45, 2.75) is 38.4 Å². The van der Waals surface area contributed by atoms with Gasteiger partial charge in [0.05, 0.1) is 0 Å². The van der Waals surface area contributed by atoms with Gasteiger partial charge in [0.1, 0.15) is 6.04 Å². The summed E-state index contributed by atoms with van der Waals surface area (Å²) in [6.07, 6.45) is -2.26. The van der Waals surface area contributed by atoms with E-state index in [1.54, 1.807) is 0 Å². The Morgan fingerprint density at radius 3 is 2.48 bits per heavy atom. The molecule has 122 valence electrons. The number of amides is 1. The van der Waals surface area contributed by atoms with Crippen molar-refractivity contribution < 1.29 is 18.0 Å². The fourth-order valence-electron chi connectivity index (χ4n) is 3.19. The summed E-state index contributed by atoms with van der Waals surface area (Å²) in [5.74, 6) is 0.0124. The Kier molecular flexibility index (Phi) is 5.48. The van der Waals surface area contributed by atoms with Crippen molar-refractivity contribution in [3.05, 3.63) is 0 Å². The summed E-state index contributed by atoms with van der Waals surface area (Å²) in [5, 5.41) is 2.38. The molecule has 2 heterocycles. The van der Waals surface area contributed by atoms with Gasteiger partial charge >= 0.3 is 6.18 Å².